The summed E-state index contributed by atoms with van der Waals surface area (Å²) in [7, 11) is -3.37. The summed E-state index contributed by atoms with van der Waals surface area (Å²) in [5.41, 5.74) is -0.314. The third-order valence-corrected chi connectivity index (χ3v) is 6.72. The van der Waals surface area contributed by atoms with E-state index >= 15 is 0 Å². The van der Waals surface area contributed by atoms with Crippen molar-refractivity contribution in [2.45, 2.75) is 90.7 Å². The SMILES string of the molecule is Cc1ccc([S@@](=O)(=S)Oc2cc(N(C(=O)OC(C)(C)C)C(=O)OC(C)(C)C)ccc2C(C)(C)C)cc1. The van der Waals surface area contributed by atoms with Crippen LogP contribution < -0.4 is 9.08 Å². The van der Waals surface area contributed by atoms with Crippen LogP contribution in [0.25, 0.3) is 0 Å². The lowest BCUT2D eigenvalue weighted by Crippen LogP contribution is -2.43. The van der Waals surface area contributed by atoms with Crippen molar-refractivity contribution >= 4 is 37.8 Å². The van der Waals surface area contributed by atoms with Gasteiger partial charge in [-0.3, -0.25) is 0 Å². The number of rotatable bonds is 4. The third kappa shape index (κ3) is 8.20. The fraction of sp³-hybridized carbons (Fsp3) is 0.481. The molecule has 0 unspecified atom stereocenters. The largest absolute Gasteiger partial charge is 0.443 e. The molecule has 2 amide bonds. The first-order valence-corrected chi connectivity index (χ1v) is 14.0. The molecule has 9 heteroatoms. The maximum atomic E-state index is 13.5. The number of aryl methyl sites for hydroxylation is 1. The Morgan fingerprint density at radius 1 is 0.806 bits per heavy atom. The van der Waals surface area contributed by atoms with Gasteiger partial charge in [-0.25, -0.2) is 13.8 Å². The van der Waals surface area contributed by atoms with E-state index in [1.165, 1.54) is 6.07 Å². The molecule has 0 aliphatic carbocycles. The summed E-state index contributed by atoms with van der Waals surface area (Å²) < 4.78 is 30.4. The van der Waals surface area contributed by atoms with Gasteiger partial charge in [-0.15, -0.1) is 0 Å². The second-order valence-electron chi connectivity index (χ2n) is 11.6. The van der Waals surface area contributed by atoms with Crippen LogP contribution in [0.5, 0.6) is 5.75 Å². The predicted molar refractivity (Wildman–Crippen MR) is 146 cm³/mol. The van der Waals surface area contributed by atoms with Gasteiger partial charge in [0.1, 0.15) is 17.0 Å². The lowest BCUT2D eigenvalue weighted by Gasteiger charge is -2.30. The van der Waals surface area contributed by atoms with Crippen LogP contribution in [0, 0.1) is 6.92 Å². The Kier molecular flexibility index (Phi) is 8.53. The minimum atomic E-state index is -3.37. The van der Waals surface area contributed by atoms with Crippen LogP contribution in [0.4, 0.5) is 15.3 Å². The molecule has 2 aromatic rings. The average molecular weight is 536 g/mol. The summed E-state index contributed by atoms with van der Waals surface area (Å²) in [5.74, 6) is 0.192. The molecule has 0 N–H and O–H groups in total. The highest BCUT2D eigenvalue weighted by Gasteiger charge is 2.34. The summed E-state index contributed by atoms with van der Waals surface area (Å²) in [6.07, 6.45) is -1.83. The Morgan fingerprint density at radius 3 is 1.69 bits per heavy atom. The van der Waals surface area contributed by atoms with E-state index < -0.39 is 37.6 Å². The van der Waals surface area contributed by atoms with Crippen LogP contribution in [0.2, 0.25) is 0 Å². The van der Waals surface area contributed by atoms with Gasteiger partial charge >= 0.3 is 12.2 Å². The van der Waals surface area contributed by atoms with Crippen molar-refractivity contribution < 1.29 is 27.5 Å². The number of benzene rings is 2. The van der Waals surface area contributed by atoms with Crippen LogP contribution in [-0.2, 0) is 34.8 Å². The number of carbonyl (C=O) groups is 2. The van der Waals surface area contributed by atoms with Crippen LogP contribution in [0.1, 0.15) is 73.4 Å². The molecule has 0 saturated carbocycles. The summed E-state index contributed by atoms with van der Waals surface area (Å²) in [4.78, 5) is 27.4. The molecule has 0 bridgehead atoms. The molecule has 36 heavy (non-hydrogen) atoms. The summed E-state index contributed by atoms with van der Waals surface area (Å²) in [5, 5.41) is 0. The number of hydrogen-bond donors (Lipinski definition) is 0. The van der Waals surface area contributed by atoms with Gasteiger partial charge in [0.05, 0.1) is 10.6 Å². The molecule has 0 aliphatic rings. The van der Waals surface area contributed by atoms with Gasteiger partial charge in [-0.2, -0.15) is 4.90 Å². The lowest BCUT2D eigenvalue weighted by atomic mass is 9.86. The first-order valence-electron chi connectivity index (χ1n) is 11.6. The lowest BCUT2D eigenvalue weighted by molar-refractivity contribution is 0.0430. The quantitative estimate of drug-likeness (QED) is 0.414. The second-order valence-corrected chi connectivity index (χ2v) is 14.4. The number of carbonyl (C=O) groups excluding carboxylic acids is 2. The Labute approximate surface area is 220 Å². The van der Waals surface area contributed by atoms with E-state index in [9.17, 15) is 13.8 Å². The number of amides is 2. The topological polar surface area (TPSA) is 82.1 Å². The zero-order valence-corrected chi connectivity index (χ0v) is 24.4. The van der Waals surface area contributed by atoms with Gasteiger partial charge in [-0.05, 0) is 72.1 Å². The van der Waals surface area contributed by atoms with E-state index in [1.807, 2.05) is 27.7 Å². The van der Waals surface area contributed by atoms with Crippen molar-refractivity contribution in [3.63, 3.8) is 0 Å². The van der Waals surface area contributed by atoms with E-state index in [-0.39, 0.29) is 11.4 Å². The first kappa shape index (κ1) is 29.6. The maximum Gasteiger partial charge on any atom is 0.424 e. The highest BCUT2D eigenvalue weighted by Crippen LogP contribution is 2.37. The minimum Gasteiger partial charge on any atom is -0.443 e. The zero-order chi connectivity index (χ0) is 27.7. The van der Waals surface area contributed by atoms with Gasteiger partial charge in [0, 0.05) is 22.8 Å². The van der Waals surface area contributed by atoms with E-state index in [0.717, 1.165) is 10.5 Å². The Morgan fingerprint density at radius 2 is 1.28 bits per heavy atom. The van der Waals surface area contributed by atoms with Crippen molar-refractivity contribution in [2.24, 2.45) is 0 Å². The molecular weight excluding hydrogens is 498 g/mol. The number of nitrogens with zero attached hydrogens (tertiary/aromatic N) is 1. The molecule has 0 spiro atoms. The van der Waals surface area contributed by atoms with Gasteiger partial charge in [-0.1, -0.05) is 44.5 Å². The zero-order valence-electron chi connectivity index (χ0n) is 22.8. The number of hydrogen-bond acceptors (Lipinski definition) is 7. The summed E-state index contributed by atoms with van der Waals surface area (Å²) >= 11 is 5.38. The summed E-state index contributed by atoms with van der Waals surface area (Å²) in [6.45, 7) is 18.0. The molecule has 2 rings (SSSR count). The number of ether oxygens (including phenoxy) is 2. The first-order chi connectivity index (χ1) is 16.2. The van der Waals surface area contributed by atoms with Crippen molar-refractivity contribution in [3.8, 4) is 5.75 Å². The molecule has 0 aliphatic heterocycles. The predicted octanol–water partition coefficient (Wildman–Crippen LogP) is 7.07. The van der Waals surface area contributed by atoms with Crippen molar-refractivity contribution in [1.82, 2.24) is 0 Å². The molecule has 0 heterocycles. The Balaban J connectivity index is 2.65. The normalized spacial score (nSPS) is 13.9. The summed E-state index contributed by atoms with van der Waals surface area (Å²) in [6, 6.07) is 11.7. The van der Waals surface area contributed by atoms with Gasteiger partial charge in [0.2, 0.25) is 8.77 Å². The minimum absolute atomic E-state index is 0.135. The molecule has 7 nitrogen and oxygen atoms in total. The van der Waals surface area contributed by atoms with Gasteiger partial charge in [0.15, 0.2) is 0 Å². The van der Waals surface area contributed by atoms with Crippen LogP contribution in [-0.4, -0.2) is 27.6 Å². The van der Waals surface area contributed by atoms with Crippen LogP contribution in [0.15, 0.2) is 47.4 Å². The molecule has 0 aromatic heterocycles. The van der Waals surface area contributed by atoms with Crippen LogP contribution >= 0.6 is 0 Å². The molecule has 2 aromatic carbocycles. The van der Waals surface area contributed by atoms with E-state index in [4.69, 9.17) is 24.8 Å². The van der Waals surface area contributed by atoms with E-state index in [2.05, 4.69) is 0 Å². The Bertz CT molecular complexity index is 1190. The molecule has 1 atom stereocenters. The average Bonchev–Trinajstić information content (AvgIpc) is 2.64. The van der Waals surface area contributed by atoms with Crippen molar-refractivity contribution in [3.05, 3.63) is 53.6 Å². The fourth-order valence-corrected chi connectivity index (χ4v) is 4.60. The van der Waals surface area contributed by atoms with E-state index in [1.54, 1.807) is 77.9 Å². The highest BCUT2D eigenvalue weighted by atomic mass is 32.8. The van der Waals surface area contributed by atoms with E-state index in [0.29, 0.717) is 10.5 Å². The highest BCUT2D eigenvalue weighted by molar-refractivity contribution is 8.30. The maximum absolute atomic E-state index is 13.5. The molecule has 198 valence electrons. The molecule has 0 fully saturated rings. The third-order valence-electron chi connectivity index (χ3n) is 4.69. The molecule has 0 saturated heterocycles. The van der Waals surface area contributed by atoms with Crippen molar-refractivity contribution in [2.75, 3.05) is 4.90 Å². The number of imide groups is 1. The van der Waals surface area contributed by atoms with Gasteiger partial charge in [0.25, 0.3) is 0 Å². The molecule has 0 radical (unpaired) electrons. The van der Waals surface area contributed by atoms with Crippen molar-refractivity contribution in [1.29, 1.82) is 0 Å². The Hall–Kier alpha value is -2.65. The smallest absolute Gasteiger partial charge is 0.424 e. The number of anilines is 1. The monoisotopic (exact) mass is 535 g/mol. The standard InChI is InChI=1S/C27H37NO6S2/c1-18-11-14-20(15-12-18)36(31,35)34-22-17-19(13-16-21(22)25(2,3)4)28(23(29)32-26(5,6)7)24(30)33-27(8,9)10/h11-17H,1-10H3/t36-/m0/s1. The fourth-order valence-electron chi connectivity index (χ4n) is 3.11. The second kappa shape index (κ2) is 10.4. The molecular formula is C27H37NO6S2. The van der Waals surface area contributed by atoms with Gasteiger partial charge < -0.3 is 13.7 Å². The van der Waals surface area contributed by atoms with Crippen LogP contribution in [0.3, 0.4) is 0 Å².